The molecule has 3 rings (SSSR count). The lowest BCUT2D eigenvalue weighted by Crippen LogP contribution is -2.47. The van der Waals surface area contributed by atoms with Crippen LogP contribution in [0.3, 0.4) is 0 Å². The van der Waals surface area contributed by atoms with E-state index in [1.165, 1.54) is 19.4 Å². The third-order valence-electron chi connectivity index (χ3n) is 3.72. The summed E-state index contributed by atoms with van der Waals surface area (Å²) in [5.74, 6) is 2.71. The van der Waals surface area contributed by atoms with E-state index in [1.807, 2.05) is 0 Å². The van der Waals surface area contributed by atoms with Crippen LogP contribution in [0.15, 0.2) is 12.2 Å². The van der Waals surface area contributed by atoms with E-state index in [4.69, 9.17) is 4.74 Å². The molecule has 1 aliphatic heterocycles. The van der Waals surface area contributed by atoms with Gasteiger partial charge in [-0.25, -0.2) is 0 Å². The van der Waals surface area contributed by atoms with E-state index in [2.05, 4.69) is 17.5 Å². The zero-order chi connectivity index (χ0) is 8.67. The van der Waals surface area contributed by atoms with Crippen LogP contribution in [0.4, 0.5) is 0 Å². The molecular formula is C11H17NO. The van der Waals surface area contributed by atoms with E-state index in [-0.39, 0.29) is 0 Å². The molecule has 1 saturated heterocycles. The smallest absolute Gasteiger partial charge is 0.0643 e. The van der Waals surface area contributed by atoms with Crippen molar-refractivity contribution >= 4 is 0 Å². The van der Waals surface area contributed by atoms with Gasteiger partial charge in [-0.05, 0) is 37.1 Å². The molecular weight excluding hydrogens is 162 g/mol. The van der Waals surface area contributed by atoms with Crippen molar-refractivity contribution in [2.75, 3.05) is 19.8 Å². The maximum absolute atomic E-state index is 5.14. The Morgan fingerprint density at radius 3 is 2.69 bits per heavy atom. The molecule has 3 atom stereocenters. The van der Waals surface area contributed by atoms with Gasteiger partial charge in [-0.3, -0.25) is 0 Å². The van der Waals surface area contributed by atoms with Crippen LogP contribution in [0.5, 0.6) is 0 Å². The Bertz CT molecular complexity index is 222. The average molecular weight is 179 g/mol. The van der Waals surface area contributed by atoms with Crippen molar-refractivity contribution in [2.24, 2.45) is 17.8 Å². The third kappa shape index (κ3) is 1.42. The molecule has 2 bridgehead atoms. The Morgan fingerprint density at radius 1 is 1.23 bits per heavy atom. The monoisotopic (exact) mass is 179 g/mol. The first-order valence-electron chi connectivity index (χ1n) is 5.41. The van der Waals surface area contributed by atoms with Gasteiger partial charge in [0.05, 0.1) is 19.3 Å². The predicted molar refractivity (Wildman–Crippen MR) is 51.5 cm³/mol. The highest BCUT2D eigenvalue weighted by atomic mass is 16.5. The first-order valence-corrected chi connectivity index (χ1v) is 5.41. The summed E-state index contributed by atoms with van der Waals surface area (Å²) in [6.45, 7) is 3.06. The molecule has 2 aliphatic carbocycles. The average Bonchev–Trinajstić information content (AvgIpc) is 2.61. The molecule has 2 fully saturated rings. The second-order valence-electron chi connectivity index (χ2n) is 4.68. The summed E-state index contributed by atoms with van der Waals surface area (Å²) in [6, 6.07) is 0.656. The summed E-state index contributed by atoms with van der Waals surface area (Å²) in [4.78, 5) is 0. The highest BCUT2D eigenvalue weighted by molar-refractivity contribution is 5.10. The van der Waals surface area contributed by atoms with Crippen LogP contribution in [0.25, 0.3) is 0 Å². The topological polar surface area (TPSA) is 21.3 Å². The van der Waals surface area contributed by atoms with E-state index in [0.717, 1.165) is 31.0 Å². The molecule has 0 spiro atoms. The Labute approximate surface area is 79.3 Å². The Kier molecular flexibility index (Phi) is 1.91. The largest absolute Gasteiger partial charge is 0.378 e. The van der Waals surface area contributed by atoms with Crippen molar-refractivity contribution in [1.29, 1.82) is 0 Å². The molecule has 13 heavy (non-hydrogen) atoms. The van der Waals surface area contributed by atoms with Crippen molar-refractivity contribution in [3.8, 4) is 0 Å². The van der Waals surface area contributed by atoms with Crippen LogP contribution < -0.4 is 5.32 Å². The number of rotatable bonds is 3. The van der Waals surface area contributed by atoms with Gasteiger partial charge in [-0.2, -0.15) is 0 Å². The lowest BCUT2D eigenvalue weighted by Gasteiger charge is -2.29. The highest BCUT2D eigenvalue weighted by Gasteiger charge is 2.35. The van der Waals surface area contributed by atoms with Crippen LogP contribution in [-0.4, -0.2) is 25.8 Å². The zero-order valence-corrected chi connectivity index (χ0v) is 7.91. The number of fused-ring (bicyclic) bond motifs is 2. The highest BCUT2D eigenvalue weighted by Crippen LogP contribution is 2.42. The molecule has 72 valence electrons. The molecule has 0 radical (unpaired) electrons. The van der Waals surface area contributed by atoms with Gasteiger partial charge in [0.2, 0.25) is 0 Å². The molecule has 3 aliphatic rings. The summed E-state index contributed by atoms with van der Waals surface area (Å²) >= 11 is 0. The minimum Gasteiger partial charge on any atom is -0.378 e. The van der Waals surface area contributed by atoms with E-state index < -0.39 is 0 Å². The summed E-state index contributed by atoms with van der Waals surface area (Å²) in [5, 5.41) is 3.59. The minimum absolute atomic E-state index is 0.656. The normalized spacial score (nSPS) is 42.6. The van der Waals surface area contributed by atoms with Gasteiger partial charge >= 0.3 is 0 Å². The van der Waals surface area contributed by atoms with E-state index >= 15 is 0 Å². The lowest BCUT2D eigenvalue weighted by atomic mass is 9.93. The molecule has 1 saturated carbocycles. The Hall–Kier alpha value is -0.340. The summed E-state index contributed by atoms with van der Waals surface area (Å²) in [6.07, 6.45) is 7.68. The van der Waals surface area contributed by atoms with Crippen molar-refractivity contribution in [3.05, 3.63) is 12.2 Å². The molecule has 2 heteroatoms. The summed E-state index contributed by atoms with van der Waals surface area (Å²) in [7, 11) is 0. The maximum Gasteiger partial charge on any atom is 0.0643 e. The van der Waals surface area contributed by atoms with E-state index in [0.29, 0.717) is 6.04 Å². The van der Waals surface area contributed by atoms with Gasteiger partial charge in [-0.1, -0.05) is 12.2 Å². The molecule has 0 unspecified atom stereocenters. The molecule has 0 amide bonds. The lowest BCUT2D eigenvalue weighted by molar-refractivity contribution is -0.00685. The quantitative estimate of drug-likeness (QED) is 0.657. The molecule has 1 N–H and O–H groups in total. The summed E-state index contributed by atoms with van der Waals surface area (Å²) < 4.78 is 5.14. The molecule has 1 heterocycles. The van der Waals surface area contributed by atoms with Gasteiger partial charge in [0, 0.05) is 0 Å². The van der Waals surface area contributed by atoms with Gasteiger partial charge < -0.3 is 10.1 Å². The fourth-order valence-electron chi connectivity index (χ4n) is 2.80. The van der Waals surface area contributed by atoms with Crippen molar-refractivity contribution < 1.29 is 4.74 Å². The first kappa shape index (κ1) is 8.01. The zero-order valence-electron chi connectivity index (χ0n) is 7.91. The third-order valence-corrected chi connectivity index (χ3v) is 3.72. The second kappa shape index (κ2) is 3.10. The van der Waals surface area contributed by atoms with Crippen molar-refractivity contribution in [3.63, 3.8) is 0 Å². The fourth-order valence-corrected chi connectivity index (χ4v) is 2.80. The first-order chi connectivity index (χ1) is 6.42. The molecule has 0 aromatic rings. The van der Waals surface area contributed by atoms with Gasteiger partial charge in [0.15, 0.2) is 0 Å². The van der Waals surface area contributed by atoms with Crippen LogP contribution >= 0.6 is 0 Å². The number of ether oxygens (including phenoxy) is 1. The number of nitrogens with one attached hydrogen (secondary N) is 1. The second-order valence-corrected chi connectivity index (χ2v) is 4.68. The van der Waals surface area contributed by atoms with Crippen LogP contribution in [0.2, 0.25) is 0 Å². The number of hydrogen-bond acceptors (Lipinski definition) is 2. The van der Waals surface area contributed by atoms with Gasteiger partial charge in [0.25, 0.3) is 0 Å². The van der Waals surface area contributed by atoms with Crippen LogP contribution in [-0.2, 0) is 4.74 Å². The predicted octanol–water partition coefficient (Wildman–Crippen LogP) is 1.19. The van der Waals surface area contributed by atoms with Gasteiger partial charge in [0.1, 0.15) is 0 Å². The van der Waals surface area contributed by atoms with E-state index in [1.54, 1.807) is 0 Å². The standard InChI is InChI=1S/C11H17NO/c1-2-9-3-8(1)4-10(9)5-12-11-6-13-7-11/h1-2,8-12H,3-7H2/t8-,9+,10-/m0/s1. The number of hydrogen-bond donors (Lipinski definition) is 1. The summed E-state index contributed by atoms with van der Waals surface area (Å²) in [5.41, 5.74) is 0. The fraction of sp³-hybridized carbons (Fsp3) is 0.818. The van der Waals surface area contributed by atoms with Crippen molar-refractivity contribution in [1.82, 2.24) is 5.32 Å². The minimum atomic E-state index is 0.656. The SMILES string of the molecule is C1=C[C@@H]2C[C@H]1C[C@H]2CNC1COC1. The van der Waals surface area contributed by atoms with Crippen molar-refractivity contribution in [2.45, 2.75) is 18.9 Å². The molecule has 0 aromatic carbocycles. The van der Waals surface area contributed by atoms with Gasteiger partial charge in [-0.15, -0.1) is 0 Å². The maximum atomic E-state index is 5.14. The van der Waals surface area contributed by atoms with E-state index in [9.17, 15) is 0 Å². The Morgan fingerprint density at radius 2 is 2.15 bits per heavy atom. The molecule has 0 aromatic heterocycles. The van der Waals surface area contributed by atoms with Crippen LogP contribution in [0, 0.1) is 17.8 Å². The Balaban J connectivity index is 1.48. The number of allylic oxidation sites excluding steroid dienone is 2. The van der Waals surface area contributed by atoms with Crippen LogP contribution in [0.1, 0.15) is 12.8 Å². The molecule has 2 nitrogen and oxygen atoms in total.